The van der Waals surface area contributed by atoms with Gasteiger partial charge in [0.1, 0.15) is 4.75 Å². The summed E-state index contributed by atoms with van der Waals surface area (Å²) in [7, 11) is -3.54. The summed E-state index contributed by atoms with van der Waals surface area (Å²) in [5.41, 5.74) is 1.85. The van der Waals surface area contributed by atoms with Crippen LogP contribution in [0.2, 0.25) is 0 Å². The van der Waals surface area contributed by atoms with Crippen molar-refractivity contribution < 1.29 is 13.5 Å². The molecule has 1 unspecified atom stereocenters. The number of hydrogen-bond donors (Lipinski definition) is 1. The van der Waals surface area contributed by atoms with Crippen molar-refractivity contribution in [2.24, 2.45) is 0 Å². The zero-order valence-corrected chi connectivity index (χ0v) is 14.5. The molecule has 0 aromatic heterocycles. The van der Waals surface area contributed by atoms with Crippen LogP contribution in [-0.2, 0) is 16.6 Å². The van der Waals surface area contributed by atoms with Crippen LogP contribution in [0.5, 0.6) is 0 Å². The van der Waals surface area contributed by atoms with Crippen molar-refractivity contribution in [1.82, 2.24) is 9.21 Å². The van der Waals surface area contributed by atoms with Gasteiger partial charge >= 0.3 is 0 Å². The van der Waals surface area contributed by atoms with Crippen molar-refractivity contribution in [2.75, 3.05) is 19.6 Å². The smallest absolute Gasteiger partial charge is 0.244 e. The summed E-state index contributed by atoms with van der Waals surface area (Å²) in [5, 5.41) is 10.5. The molecule has 6 heteroatoms. The Morgan fingerprint density at radius 3 is 2.74 bits per heavy atom. The Morgan fingerprint density at radius 2 is 2.09 bits per heavy atom. The van der Waals surface area contributed by atoms with Crippen LogP contribution in [0.4, 0.5) is 0 Å². The normalized spacial score (nSPS) is 31.2. The molecule has 3 rings (SSSR count). The lowest BCUT2D eigenvalue weighted by Gasteiger charge is -2.27. The van der Waals surface area contributed by atoms with Gasteiger partial charge < -0.3 is 5.11 Å². The predicted molar refractivity (Wildman–Crippen MR) is 90.1 cm³/mol. The second kappa shape index (κ2) is 5.92. The van der Waals surface area contributed by atoms with E-state index in [0.29, 0.717) is 31.8 Å². The highest BCUT2D eigenvalue weighted by Crippen LogP contribution is 2.42. The number of sulfonamides is 1. The first-order chi connectivity index (χ1) is 10.9. The van der Waals surface area contributed by atoms with Gasteiger partial charge in [-0.3, -0.25) is 9.21 Å². The summed E-state index contributed by atoms with van der Waals surface area (Å²) in [4.78, 5) is 2.13. The number of benzene rings is 1. The molecule has 23 heavy (non-hydrogen) atoms. The van der Waals surface area contributed by atoms with E-state index in [1.54, 1.807) is 13.0 Å². The van der Waals surface area contributed by atoms with Crippen molar-refractivity contribution in [1.29, 1.82) is 0 Å². The fraction of sp³-hybridized carbons (Fsp3) is 0.529. The maximum absolute atomic E-state index is 13.0. The quantitative estimate of drug-likeness (QED) is 0.910. The van der Waals surface area contributed by atoms with Crippen molar-refractivity contribution in [3.05, 3.63) is 47.7 Å². The van der Waals surface area contributed by atoms with E-state index in [0.717, 1.165) is 5.56 Å². The highest BCUT2D eigenvalue weighted by molar-refractivity contribution is 7.91. The van der Waals surface area contributed by atoms with Gasteiger partial charge in [-0.15, -0.1) is 0 Å². The molecule has 2 aliphatic rings. The van der Waals surface area contributed by atoms with Crippen molar-refractivity contribution in [3.8, 4) is 0 Å². The number of aliphatic hydroxyl groups excluding tert-OH is 1. The van der Waals surface area contributed by atoms with Crippen LogP contribution in [0, 0.1) is 0 Å². The molecule has 1 spiro atoms. The Kier molecular flexibility index (Phi) is 4.25. The monoisotopic (exact) mass is 336 g/mol. The topological polar surface area (TPSA) is 60.9 Å². The lowest BCUT2D eigenvalue weighted by molar-refractivity contribution is 0.131. The molecule has 0 saturated carbocycles. The predicted octanol–water partition coefficient (Wildman–Crippen LogP) is 1.56. The zero-order valence-electron chi connectivity index (χ0n) is 13.6. The summed E-state index contributed by atoms with van der Waals surface area (Å²) in [6.45, 7) is 5.55. The highest BCUT2D eigenvalue weighted by atomic mass is 32.2. The van der Waals surface area contributed by atoms with E-state index in [9.17, 15) is 13.5 Å². The van der Waals surface area contributed by atoms with E-state index in [1.165, 1.54) is 4.31 Å². The van der Waals surface area contributed by atoms with E-state index in [2.05, 4.69) is 4.90 Å². The van der Waals surface area contributed by atoms with Gasteiger partial charge in [0, 0.05) is 25.3 Å². The van der Waals surface area contributed by atoms with Gasteiger partial charge in [0.15, 0.2) is 0 Å². The van der Waals surface area contributed by atoms with E-state index < -0.39 is 20.9 Å². The standard InChI is InChI=1S/C17H24N2O3S/c1-3-14(2)19-12-16(20)17(23(19,21)22)9-10-18(13-17)11-15-7-5-4-6-8-15/h3-8,16,20H,9-13H2,1-2H3/b14-3+/t16-,17?/m0/s1. The second-order valence-electron chi connectivity index (χ2n) is 6.49. The molecule has 2 heterocycles. The summed E-state index contributed by atoms with van der Waals surface area (Å²) in [6.07, 6.45) is 1.42. The van der Waals surface area contributed by atoms with Gasteiger partial charge in [0.25, 0.3) is 0 Å². The van der Waals surface area contributed by atoms with Crippen LogP contribution < -0.4 is 0 Å². The van der Waals surface area contributed by atoms with Crippen LogP contribution in [0.15, 0.2) is 42.1 Å². The van der Waals surface area contributed by atoms with E-state index in [-0.39, 0.29) is 6.54 Å². The Bertz CT molecular complexity index is 702. The van der Waals surface area contributed by atoms with Crippen molar-refractivity contribution in [3.63, 3.8) is 0 Å². The number of rotatable bonds is 3. The average molecular weight is 336 g/mol. The third kappa shape index (κ3) is 2.58. The summed E-state index contributed by atoms with van der Waals surface area (Å²) >= 11 is 0. The molecule has 2 saturated heterocycles. The third-order valence-corrected chi connectivity index (χ3v) is 7.80. The Labute approximate surface area is 138 Å². The second-order valence-corrected chi connectivity index (χ2v) is 8.70. The van der Waals surface area contributed by atoms with Gasteiger partial charge in [-0.2, -0.15) is 0 Å². The lowest BCUT2D eigenvalue weighted by Crippen LogP contribution is -2.47. The van der Waals surface area contributed by atoms with Crippen LogP contribution in [0.3, 0.4) is 0 Å². The maximum Gasteiger partial charge on any atom is 0.244 e. The number of aliphatic hydroxyl groups is 1. The minimum Gasteiger partial charge on any atom is -0.389 e. The van der Waals surface area contributed by atoms with Gasteiger partial charge in [-0.25, -0.2) is 8.42 Å². The van der Waals surface area contributed by atoms with Crippen LogP contribution in [-0.4, -0.2) is 53.2 Å². The number of likely N-dealkylation sites (tertiary alicyclic amines) is 1. The third-order valence-electron chi connectivity index (χ3n) is 5.15. The molecule has 2 fully saturated rings. The lowest BCUT2D eigenvalue weighted by atomic mass is 10.0. The molecule has 1 aromatic rings. The minimum absolute atomic E-state index is 0.164. The molecular weight excluding hydrogens is 312 g/mol. The van der Waals surface area contributed by atoms with Gasteiger partial charge in [0.2, 0.25) is 10.0 Å². The molecule has 1 N–H and O–H groups in total. The first kappa shape index (κ1) is 16.5. The highest BCUT2D eigenvalue weighted by Gasteiger charge is 2.61. The van der Waals surface area contributed by atoms with E-state index in [1.807, 2.05) is 37.3 Å². The van der Waals surface area contributed by atoms with Gasteiger partial charge in [-0.1, -0.05) is 36.4 Å². The molecule has 0 aliphatic carbocycles. The molecule has 0 bridgehead atoms. The van der Waals surface area contributed by atoms with Crippen molar-refractivity contribution in [2.45, 2.75) is 37.7 Å². The fourth-order valence-electron chi connectivity index (χ4n) is 3.63. The first-order valence-electron chi connectivity index (χ1n) is 8.00. The Balaban J connectivity index is 1.83. The summed E-state index contributed by atoms with van der Waals surface area (Å²) in [5.74, 6) is 0. The van der Waals surface area contributed by atoms with Crippen LogP contribution in [0.1, 0.15) is 25.8 Å². The van der Waals surface area contributed by atoms with Crippen molar-refractivity contribution >= 4 is 10.0 Å². The molecular formula is C17H24N2O3S. The molecule has 1 aromatic carbocycles. The van der Waals surface area contributed by atoms with E-state index in [4.69, 9.17) is 0 Å². The number of nitrogens with zero attached hydrogens (tertiary/aromatic N) is 2. The Morgan fingerprint density at radius 1 is 1.39 bits per heavy atom. The number of allylic oxidation sites excluding steroid dienone is 2. The molecule has 0 amide bonds. The summed E-state index contributed by atoms with van der Waals surface area (Å²) in [6, 6.07) is 10.0. The molecule has 2 aliphatic heterocycles. The van der Waals surface area contributed by atoms with Gasteiger partial charge in [0.05, 0.1) is 12.6 Å². The van der Waals surface area contributed by atoms with Crippen LogP contribution in [0.25, 0.3) is 0 Å². The molecule has 0 radical (unpaired) electrons. The SMILES string of the molecule is C/C=C(\C)N1C[C@H](O)C2(CCN(Cc3ccccc3)C2)S1(=O)=O. The fourth-order valence-corrected chi connectivity index (χ4v) is 6.01. The molecule has 126 valence electrons. The number of hydrogen-bond acceptors (Lipinski definition) is 4. The zero-order chi connectivity index (χ0) is 16.7. The maximum atomic E-state index is 13.0. The van der Waals surface area contributed by atoms with E-state index >= 15 is 0 Å². The van der Waals surface area contributed by atoms with Crippen LogP contribution >= 0.6 is 0 Å². The number of β-amino-alcohol motifs (C(OH)–C–C–N with tert-alkyl or cyclic N) is 1. The molecule has 2 atom stereocenters. The summed E-state index contributed by atoms with van der Waals surface area (Å²) < 4.78 is 26.4. The molecule has 5 nitrogen and oxygen atoms in total. The Hall–Kier alpha value is -1.37. The largest absolute Gasteiger partial charge is 0.389 e. The average Bonchev–Trinajstić information content (AvgIpc) is 3.05. The first-order valence-corrected chi connectivity index (χ1v) is 9.44. The van der Waals surface area contributed by atoms with Gasteiger partial charge in [-0.05, 0) is 25.8 Å². The minimum atomic E-state index is -3.54.